The van der Waals surface area contributed by atoms with E-state index in [0.29, 0.717) is 11.3 Å². The fourth-order valence-corrected chi connectivity index (χ4v) is 3.49. The number of hydrogen-bond donors (Lipinski definition) is 1. The van der Waals surface area contributed by atoms with Crippen LogP contribution in [0.15, 0.2) is 48.5 Å². The molecule has 1 atom stereocenters. The molecule has 2 aromatic rings. The van der Waals surface area contributed by atoms with Crippen LogP contribution in [0.5, 0.6) is 0 Å². The summed E-state index contributed by atoms with van der Waals surface area (Å²) in [6.07, 6.45) is 0.201. The fraction of sp³-hybridized carbons (Fsp3) is 0.292. The number of imide groups is 1. The van der Waals surface area contributed by atoms with Crippen molar-refractivity contribution in [1.82, 2.24) is 4.90 Å². The zero-order valence-corrected chi connectivity index (χ0v) is 18.1. The van der Waals surface area contributed by atoms with E-state index >= 15 is 0 Å². The molecule has 1 aliphatic rings. The normalized spacial score (nSPS) is 13.7. The molecule has 0 aromatic heterocycles. The lowest BCUT2D eigenvalue weighted by atomic mass is 10.0. The van der Waals surface area contributed by atoms with Crippen molar-refractivity contribution < 1.29 is 28.7 Å². The second-order valence-electron chi connectivity index (χ2n) is 7.96. The third-order valence-corrected chi connectivity index (χ3v) is 5.00. The predicted molar refractivity (Wildman–Crippen MR) is 116 cm³/mol. The van der Waals surface area contributed by atoms with E-state index in [0.717, 1.165) is 4.90 Å². The molecular formula is C24H24N2O6. The van der Waals surface area contributed by atoms with Crippen LogP contribution in [0, 0.1) is 5.92 Å². The average molecular weight is 436 g/mol. The van der Waals surface area contributed by atoms with Gasteiger partial charge >= 0.3 is 5.97 Å². The number of Topliss-reactive ketones (excluding diaryl/α,β-unsaturated/α-hetero) is 1. The number of carbonyl (C=O) groups is 5. The van der Waals surface area contributed by atoms with Gasteiger partial charge in [0.05, 0.1) is 11.1 Å². The number of amides is 3. The van der Waals surface area contributed by atoms with Gasteiger partial charge in [-0.3, -0.25) is 24.1 Å². The summed E-state index contributed by atoms with van der Waals surface area (Å²) in [5.41, 5.74) is 1.30. The number of anilines is 1. The summed E-state index contributed by atoms with van der Waals surface area (Å²) in [4.78, 5) is 63.0. The number of esters is 1. The first-order valence-corrected chi connectivity index (χ1v) is 10.2. The van der Waals surface area contributed by atoms with E-state index in [4.69, 9.17) is 4.74 Å². The average Bonchev–Trinajstić information content (AvgIpc) is 3.01. The number of carbonyl (C=O) groups excluding carboxylic acids is 5. The highest BCUT2D eigenvalue weighted by Gasteiger charge is 2.43. The molecule has 3 amide bonds. The third kappa shape index (κ3) is 4.91. The Labute approximate surface area is 185 Å². The van der Waals surface area contributed by atoms with Crippen LogP contribution in [0.4, 0.5) is 5.69 Å². The van der Waals surface area contributed by atoms with E-state index in [1.54, 1.807) is 30.3 Å². The second kappa shape index (κ2) is 9.55. The molecule has 1 aliphatic heterocycles. The largest absolute Gasteiger partial charge is 0.454 e. The summed E-state index contributed by atoms with van der Waals surface area (Å²) < 4.78 is 5.16. The Balaban J connectivity index is 1.69. The lowest BCUT2D eigenvalue weighted by Gasteiger charge is -2.25. The zero-order chi connectivity index (χ0) is 23.4. The number of benzene rings is 2. The van der Waals surface area contributed by atoms with Crippen molar-refractivity contribution in [2.45, 2.75) is 33.2 Å². The van der Waals surface area contributed by atoms with Gasteiger partial charge in [-0.1, -0.05) is 38.1 Å². The molecule has 3 rings (SSSR count). The molecule has 1 heterocycles. The van der Waals surface area contributed by atoms with E-state index in [9.17, 15) is 24.0 Å². The summed E-state index contributed by atoms with van der Waals surface area (Å²) in [6.45, 7) is 4.53. The molecule has 2 aromatic carbocycles. The number of ketones is 1. The molecule has 0 fully saturated rings. The van der Waals surface area contributed by atoms with Crippen LogP contribution in [0.2, 0.25) is 0 Å². The van der Waals surface area contributed by atoms with Crippen LogP contribution in [-0.4, -0.2) is 47.0 Å². The molecule has 0 saturated heterocycles. The molecule has 0 radical (unpaired) electrons. The Morgan fingerprint density at radius 1 is 0.969 bits per heavy atom. The van der Waals surface area contributed by atoms with Crippen LogP contribution < -0.4 is 5.32 Å². The van der Waals surface area contributed by atoms with Gasteiger partial charge in [-0.2, -0.15) is 0 Å². The van der Waals surface area contributed by atoms with E-state index in [-0.39, 0.29) is 29.2 Å². The molecule has 8 heteroatoms. The highest BCUT2D eigenvalue weighted by atomic mass is 16.5. The maximum absolute atomic E-state index is 12.8. The Morgan fingerprint density at radius 3 is 2.16 bits per heavy atom. The summed E-state index contributed by atoms with van der Waals surface area (Å²) in [5, 5.41) is 2.56. The van der Waals surface area contributed by atoms with Gasteiger partial charge in [0.25, 0.3) is 17.7 Å². The van der Waals surface area contributed by atoms with Crippen molar-refractivity contribution in [2.75, 3.05) is 11.9 Å². The van der Waals surface area contributed by atoms with Crippen LogP contribution in [0.25, 0.3) is 0 Å². The standard InChI is InChI=1S/C24H24N2O6/c1-14(2)11-20(26-22(29)18-9-4-5-10-19(18)23(26)30)24(31)32-13-21(28)25-17-8-6-7-16(12-17)15(3)27/h4-10,12,14,20H,11,13H2,1-3H3,(H,25,28)/t20-/m1/s1. The monoisotopic (exact) mass is 436 g/mol. The number of hydrogen-bond acceptors (Lipinski definition) is 6. The maximum Gasteiger partial charge on any atom is 0.329 e. The maximum atomic E-state index is 12.8. The number of rotatable bonds is 8. The van der Waals surface area contributed by atoms with Gasteiger partial charge in [0, 0.05) is 11.3 Å². The van der Waals surface area contributed by atoms with Crippen molar-refractivity contribution in [1.29, 1.82) is 0 Å². The van der Waals surface area contributed by atoms with E-state index in [1.165, 1.54) is 25.1 Å². The zero-order valence-electron chi connectivity index (χ0n) is 18.1. The van der Waals surface area contributed by atoms with Crippen molar-refractivity contribution >= 4 is 35.2 Å². The fourth-order valence-electron chi connectivity index (χ4n) is 3.49. The van der Waals surface area contributed by atoms with Gasteiger partial charge in [0.15, 0.2) is 12.4 Å². The number of nitrogens with one attached hydrogen (secondary N) is 1. The van der Waals surface area contributed by atoms with Gasteiger partial charge in [0.1, 0.15) is 6.04 Å². The van der Waals surface area contributed by atoms with Gasteiger partial charge < -0.3 is 10.1 Å². The van der Waals surface area contributed by atoms with Crippen LogP contribution >= 0.6 is 0 Å². The molecule has 0 aliphatic carbocycles. The number of fused-ring (bicyclic) bond motifs is 1. The molecule has 0 bridgehead atoms. The summed E-state index contributed by atoms with van der Waals surface area (Å²) >= 11 is 0. The summed E-state index contributed by atoms with van der Waals surface area (Å²) in [5.74, 6) is -2.71. The molecule has 8 nitrogen and oxygen atoms in total. The number of nitrogens with zero attached hydrogens (tertiary/aromatic N) is 1. The highest BCUT2D eigenvalue weighted by molar-refractivity contribution is 6.22. The molecular weight excluding hydrogens is 412 g/mol. The number of ether oxygens (including phenoxy) is 1. The predicted octanol–water partition coefficient (Wildman–Crippen LogP) is 3.08. The first-order valence-electron chi connectivity index (χ1n) is 10.2. The molecule has 0 unspecified atom stereocenters. The van der Waals surface area contributed by atoms with Crippen LogP contribution in [0.3, 0.4) is 0 Å². The van der Waals surface area contributed by atoms with E-state index < -0.39 is 36.3 Å². The third-order valence-electron chi connectivity index (χ3n) is 5.00. The summed E-state index contributed by atoms with van der Waals surface area (Å²) in [7, 11) is 0. The second-order valence-corrected chi connectivity index (χ2v) is 7.96. The minimum absolute atomic E-state index is 0.0139. The van der Waals surface area contributed by atoms with E-state index in [2.05, 4.69) is 5.32 Å². The van der Waals surface area contributed by atoms with Gasteiger partial charge in [0.2, 0.25) is 0 Å². The van der Waals surface area contributed by atoms with Crippen LogP contribution in [0.1, 0.15) is 58.3 Å². The minimum atomic E-state index is -1.14. The van der Waals surface area contributed by atoms with Crippen molar-refractivity contribution in [3.8, 4) is 0 Å². The first-order chi connectivity index (χ1) is 15.2. The van der Waals surface area contributed by atoms with Crippen LogP contribution in [-0.2, 0) is 14.3 Å². The lowest BCUT2D eigenvalue weighted by Crippen LogP contribution is -2.46. The highest BCUT2D eigenvalue weighted by Crippen LogP contribution is 2.27. The van der Waals surface area contributed by atoms with Gasteiger partial charge in [-0.15, -0.1) is 0 Å². The molecule has 166 valence electrons. The lowest BCUT2D eigenvalue weighted by molar-refractivity contribution is -0.151. The Kier molecular flexibility index (Phi) is 6.82. The minimum Gasteiger partial charge on any atom is -0.454 e. The van der Waals surface area contributed by atoms with Crippen molar-refractivity contribution in [3.63, 3.8) is 0 Å². The molecule has 1 N–H and O–H groups in total. The first kappa shape index (κ1) is 22.9. The molecule has 0 saturated carbocycles. The Morgan fingerprint density at radius 2 is 1.59 bits per heavy atom. The van der Waals surface area contributed by atoms with Crippen molar-refractivity contribution in [2.24, 2.45) is 5.92 Å². The quantitative estimate of drug-likeness (QED) is 0.387. The van der Waals surface area contributed by atoms with Crippen molar-refractivity contribution in [3.05, 3.63) is 65.2 Å². The molecule has 0 spiro atoms. The van der Waals surface area contributed by atoms with E-state index in [1.807, 2.05) is 13.8 Å². The molecule has 32 heavy (non-hydrogen) atoms. The van der Waals surface area contributed by atoms with Gasteiger partial charge in [-0.25, -0.2) is 4.79 Å². The summed E-state index contributed by atoms with van der Waals surface area (Å²) in [6, 6.07) is 11.6. The Hall–Kier alpha value is -3.81. The smallest absolute Gasteiger partial charge is 0.329 e. The SMILES string of the molecule is CC(=O)c1cccc(NC(=O)COC(=O)[C@@H](CC(C)C)N2C(=O)c3ccccc3C2=O)c1. The Bertz CT molecular complexity index is 1060. The van der Waals surface area contributed by atoms with Gasteiger partial charge in [-0.05, 0) is 43.5 Å². The topological polar surface area (TPSA) is 110 Å².